The van der Waals surface area contributed by atoms with Crippen LogP contribution in [0.25, 0.3) is 0 Å². The van der Waals surface area contributed by atoms with E-state index in [0.29, 0.717) is 0 Å². The second-order valence-corrected chi connectivity index (χ2v) is 3.02. The van der Waals surface area contributed by atoms with Crippen molar-refractivity contribution in [3.8, 4) is 0 Å². The number of rotatable bonds is 2. The van der Waals surface area contributed by atoms with Gasteiger partial charge in [0.2, 0.25) is 0 Å². The first kappa shape index (κ1) is 6.87. The second kappa shape index (κ2) is 3.72. The predicted molar refractivity (Wildman–Crippen MR) is 43.9 cm³/mol. The normalized spacial score (nSPS) is 19.0. The molecule has 0 fully saturated rings. The van der Waals surface area contributed by atoms with Crippen LogP contribution in [-0.2, 0) is 0 Å². The van der Waals surface area contributed by atoms with Crippen molar-refractivity contribution in [1.29, 1.82) is 0 Å². The first-order valence-electron chi connectivity index (χ1n) is 3.20. The smallest absolute Gasteiger partial charge is 0.0582 e. The minimum absolute atomic E-state index is 1.26. The molecule has 0 spiro atoms. The van der Waals surface area contributed by atoms with Gasteiger partial charge >= 0.3 is 0 Å². The summed E-state index contributed by atoms with van der Waals surface area (Å²) in [7, 11) is 1.81. The van der Waals surface area contributed by atoms with Crippen molar-refractivity contribution in [2.45, 2.75) is 19.3 Å². The van der Waals surface area contributed by atoms with Crippen LogP contribution in [-0.4, -0.2) is 12.6 Å². The minimum Gasteiger partial charge on any atom is -0.289 e. The van der Waals surface area contributed by atoms with Gasteiger partial charge in [0.1, 0.15) is 0 Å². The van der Waals surface area contributed by atoms with E-state index in [1.807, 2.05) is 12.6 Å². The van der Waals surface area contributed by atoms with Gasteiger partial charge in [-0.05, 0) is 24.2 Å². The molecule has 1 rings (SSSR count). The molecule has 0 unspecified atom stereocenters. The minimum atomic E-state index is 1.26. The Bertz CT molecular complexity index is 138. The number of hydrogen-bond acceptors (Lipinski definition) is 2. The summed E-state index contributed by atoms with van der Waals surface area (Å²) >= 11 is 1.75. The largest absolute Gasteiger partial charge is 0.289 e. The van der Waals surface area contributed by atoms with Gasteiger partial charge in [-0.25, -0.2) is 0 Å². The number of aliphatic imine (C=N–C) groups is 1. The summed E-state index contributed by atoms with van der Waals surface area (Å²) < 4.78 is 0. The molecule has 1 nitrogen and oxygen atoms in total. The highest BCUT2D eigenvalue weighted by Gasteiger charge is 2.01. The van der Waals surface area contributed by atoms with Crippen LogP contribution in [0.2, 0.25) is 0 Å². The number of nitrogens with zero attached hydrogens (tertiary/aromatic N) is 1. The molecular formula is C7H11NS. The van der Waals surface area contributed by atoms with Crippen molar-refractivity contribution in [3.05, 3.63) is 11.0 Å². The summed E-state index contributed by atoms with van der Waals surface area (Å²) in [6, 6.07) is 0. The van der Waals surface area contributed by atoms with Gasteiger partial charge in [-0.15, -0.1) is 0 Å². The highest BCUT2D eigenvalue weighted by atomic mass is 32.2. The number of hydrogen-bond donors (Lipinski definition) is 0. The Labute approximate surface area is 60.3 Å². The molecule has 1 aliphatic carbocycles. The molecule has 0 N–H and O–H groups in total. The van der Waals surface area contributed by atoms with Gasteiger partial charge in [0.15, 0.2) is 0 Å². The van der Waals surface area contributed by atoms with E-state index in [1.165, 1.54) is 24.2 Å². The highest BCUT2D eigenvalue weighted by Crippen LogP contribution is 2.26. The zero-order valence-corrected chi connectivity index (χ0v) is 6.45. The molecule has 0 aromatic carbocycles. The maximum atomic E-state index is 3.90. The third kappa shape index (κ3) is 2.22. The van der Waals surface area contributed by atoms with E-state index in [1.54, 1.807) is 11.8 Å². The predicted octanol–water partition coefficient (Wildman–Crippen LogP) is 2.45. The summed E-state index contributed by atoms with van der Waals surface area (Å²) in [5, 5.41) is 0. The van der Waals surface area contributed by atoms with Gasteiger partial charge < -0.3 is 0 Å². The fourth-order valence-corrected chi connectivity index (χ4v) is 1.59. The van der Waals surface area contributed by atoms with Crippen molar-refractivity contribution in [2.75, 3.05) is 7.05 Å². The topological polar surface area (TPSA) is 12.4 Å². The van der Waals surface area contributed by atoms with Crippen LogP contribution < -0.4 is 0 Å². The van der Waals surface area contributed by atoms with Gasteiger partial charge in [-0.1, -0.05) is 17.8 Å². The molecule has 0 aromatic heterocycles. The van der Waals surface area contributed by atoms with E-state index < -0.39 is 0 Å². The molecule has 0 saturated carbocycles. The lowest BCUT2D eigenvalue weighted by atomic mass is 10.4. The number of thioether (sulfide) groups is 1. The summed E-state index contributed by atoms with van der Waals surface area (Å²) in [4.78, 5) is 5.38. The monoisotopic (exact) mass is 141 g/mol. The van der Waals surface area contributed by atoms with Crippen LogP contribution >= 0.6 is 11.8 Å². The van der Waals surface area contributed by atoms with E-state index in [9.17, 15) is 0 Å². The lowest BCUT2D eigenvalue weighted by molar-refractivity contribution is 0.925. The first-order valence-corrected chi connectivity index (χ1v) is 4.08. The lowest BCUT2D eigenvalue weighted by Crippen LogP contribution is -1.68. The van der Waals surface area contributed by atoms with E-state index >= 15 is 0 Å². The summed E-state index contributed by atoms with van der Waals surface area (Å²) in [6.07, 6.45) is 6.16. The van der Waals surface area contributed by atoms with Crippen LogP contribution in [0.3, 0.4) is 0 Å². The Kier molecular flexibility index (Phi) is 2.84. The average Bonchev–Trinajstić information content (AvgIpc) is 2.34. The summed E-state index contributed by atoms with van der Waals surface area (Å²) in [6.45, 7) is 0. The van der Waals surface area contributed by atoms with Gasteiger partial charge in [0.25, 0.3) is 0 Å². The van der Waals surface area contributed by atoms with Crippen LogP contribution in [0.5, 0.6) is 0 Å². The van der Waals surface area contributed by atoms with Gasteiger partial charge in [-0.3, -0.25) is 4.99 Å². The van der Waals surface area contributed by atoms with Gasteiger partial charge in [0.05, 0.1) is 5.55 Å². The Morgan fingerprint density at radius 2 is 2.67 bits per heavy atom. The molecule has 0 heterocycles. The summed E-state index contributed by atoms with van der Waals surface area (Å²) in [5.41, 5.74) is 1.90. The molecule has 0 aliphatic heterocycles. The third-order valence-electron chi connectivity index (χ3n) is 1.31. The zero-order chi connectivity index (χ0) is 6.53. The average molecular weight is 141 g/mol. The van der Waals surface area contributed by atoms with Crippen LogP contribution in [0.4, 0.5) is 0 Å². The standard InChI is InChI=1S/C7H11NS/c1-8-6-9-7-4-2-3-5-7/h4,6H,2-3,5H2,1H3. The molecule has 9 heavy (non-hydrogen) atoms. The van der Waals surface area contributed by atoms with Gasteiger partial charge in [-0.2, -0.15) is 0 Å². The Morgan fingerprint density at radius 1 is 1.78 bits per heavy atom. The first-order chi connectivity index (χ1) is 4.43. The fraction of sp³-hybridized carbons (Fsp3) is 0.571. The molecule has 2 heteroatoms. The van der Waals surface area contributed by atoms with Crippen LogP contribution in [0.1, 0.15) is 19.3 Å². The van der Waals surface area contributed by atoms with Crippen molar-refractivity contribution < 1.29 is 0 Å². The van der Waals surface area contributed by atoms with Crippen molar-refractivity contribution in [3.63, 3.8) is 0 Å². The summed E-state index contributed by atoms with van der Waals surface area (Å²) in [5.74, 6) is 0. The molecule has 0 aromatic rings. The van der Waals surface area contributed by atoms with Gasteiger partial charge in [0, 0.05) is 7.05 Å². The zero-order valence-electron chi connectivity index (χ0n) is 5.63. The maximum absolute atomic E-state index is 3.90. The van der Waals surface area contributed by atoms with Crippen molar-refractivity contribution in [1.82, 2.24) is 0 Å². The molecule has 0 saturated heterocycles. The Hall–Kier alpha value is -0.240. The van der Waals surface area contributed by atoms with Crippen LogP contribution in [0.15, 0.2) is 16.0 Å². The maximum Gasteiger partial charge on any atom is 0.0582 e. The highest BCUT2D eigenvalue weighted by molar-refractivity contribution is 8.15. The SMILES string of the molecule is CN=CSC1=CCCC1. The van der Waals surface area contributed by atoms with E-state index in [-0.39, 0.29) is 0 Å². The molecule has 50 valence electrons. The van der Waals surface area contributed by atoms with Crippen molar-refractivity contribution in [2.24, 2.45) is 4.99 Å². The molecular weight excluding hydrogens is 130 g/mol. The molecule has 0 amide bonds. The Balaban J connectivity index is 2.26. The molecule has 1 aliphatic rings. The van der Waals surface area contributed by atoms with Crippen molar-refractivity contribution >= 4 is 17.3 Å². The third-order valence-corrected chi connectivity index (χ3v) is 2.30. The molecule has 0 bridgehead atoms. The Morgan fingerprint density at radius 3 is 3.22 bits per heavy atom. The molecule has 0 atom stereocenters. The molecule has 0 radical (unpaired) electrons. The van der Waals surface area contributed by atoms with Crippen LogP contribution in [0, 0.1) is 0 Å². The quantitative estimate of drug-likeness (QED) is 0.425. The lowest BCUT2D eigenvalue weighted by Gasteiger charge is -1.90. The second-order valence-electron chi connectivity index (χ2n) is 2.04. The number of allylic oxidation sites excluding steroid dienone is 2. The van der Waals surface area contributed by atoms with E-state index in [4.69, 9.17) is 0 Å². The van der Waals surface area contributed by atoms with E-state index in [0.717, 1.165) is 0 Å². The van der Waals surface area contributed by atoms with E-state index in [2.05, 4.69) is 11.1 Å². The fourth-order valence-electron chi connectivity index (χ4n) is 0.869.